The van der Waals surface area contributed by atoms with Crippen LogP contribution in [0, 0.1) is 6.92 Å². The zero-order valence-electron chi connectivity index (χ0n) is 12.7. The van der Waals surface area contributed by atoms with E-state index in [2.05, 4.69) is 5.32 Å². The van der Waals surface area contributed by atoms with Crippen molar-refractivity contribution in [2.75, 3.05) is 23.3 Å². The molecule has 3 rings (SSSR count). The van der Waals surface area contributed by atoms with E-state index in [-0.39, 0.29) is 17.4 Å². The third kappa shape index (κ3) is 2.87. The average molecular weight is 332 g/mol. The van der Waals surface area contributed by atoms with Crippen LogP contribution in [0.25, 0.3) is 0 Å². The Balaban J connectivity index is 1.99. The molecule has 0 bridgehead atoms. The number of carbonyl (C=O) groups excluding carboxylic acids is 1. The van der Waals surface area contributed by atoms with Crippen molar-refractivity contribution in [3.8, 4) is 5.75 Å². The van der Waals surface area contributed by atoms with Gasteiger partial charge in [-0.3, -0.25) is 9.10 Å². The van der Waals surface area contributed by atoms with Gasteiger partial charge in [0.15, 0.2) is 6.61 Å². The van der Waals surface area contributed by atoms with Crippen LogP contribution >= 0.6 is 0 Å². The molecule has 0 saturated carbocycles. The zero-order valence-corrected chi connectivity index (χ0v) is 13.6. The van der Waals surface area contributed by atoms with Crippen molar-refractivity contribution < 1.29 is 17.9 Å². The summed E-state index contributed by atoms with van der Waals surface area (Å²) in [6.07, 6.45) is 0. The summed E-state index contributed by atoms with van der Waals surface area (Å²) in [5.41, 5.74) is 1.90. The summed E-state index contributed by atoms with van der Waals surface area (Å²) in [5, 5.41) is 2.61. The van der Waals surface area contributed by atoms with Gasteiger partial charge in [0.05, 0.1) is 16.3 Å². The van der Waals surface area contributed by atoms with Crippen molar-refractivity contribution in [1.82, 2.24) is 0 Å². The summed E-state index contributed by atoms with van der Waals surface area (Å²) in [6.45, 7) is 1.83. The molecule has 1 aliphatic heterocycles. The molecule has 7 heteroatoms. The largest absolute Gasteiger partial charge is 0.482 e. The maximum atomic E-state index is 12.8. The van der Waals surface area contributed by atoms with Gasteiger partial charge in [0.1, 0.15) is 5.75 Å². The molecule has 0 unspecified atom stereocenters. The van der Waals surface area contributed by atoms with Gasteiger partial charge >= 0.3 is 0 Å². The number of sulfonamides is 1. The lowest BCUT2D eigenvalue weighted by Gasteiger charge is -2.22. The summed E-state index contributed by atoms with van der Waals surface area (Å²) in [4.78, 5) is 11.5. The highest BCUT2D eigenvalue weighted by atomic mass is 32.2. The number of fused-ring (bicyclic) bond motifs is 1. The number of nitrogens with zero attached hydrogens (tertiary/aromatic N) is 1. The molecule has 1 heterocycles. The molecule has 23 heavy (non-hydrogen) atoms. The first kappa shape index (κ1) is 15.4. The molecule has 2 aromatic rings. The van der Waals surface area contributed by atoms with Gasteiger partial charge in [-0.2, -0.15) is 0 Å². The van der Waals surface area contributed by atoms with Crippen molar-refractivity contribution in [2.24, 2.45) is 0 Å². The number of benzene rings is 2. The number of nitrogens with one attached hydrogen (secondary N) is 1. The summed E-state index contributed by atoms with van der Waals surface area (Å²) < 4.78 is 32.0. The van der Waals surface area contributed by atoms with Crippen LogP contribution in [0.1, 0.15) is 5.56 Å². The maximum absolute atomic E-state index is 12.8. The number of hydrogen-bond acceptors (Lipinski definition) is 4. The first-order valence-electron chi connectivity index (χ1n) is 7.00. The second-order valence-electron chi connectivity index (χ2n) is 5.31. The normalized spacial score (nSPS) is 13.7. The number of carbonyl (C=O) groups is 1. The molecule has 2 aromatic carbocycles. The van der Waals surface area contributed by atoms with Gasteiger partial charge in [0.2, 0.25) is 0 Å². The van der Waals surface area contributed by atoms with Gasteiger partial charge in [-0.15, -0.1) is 0 Å². The van der Waals surface area contributed by atoms with Crippen LogP contribution < -0.4 is 14.4 Å². The van der Waals surface area contributed by atoms with Crippen LogP contribution in [0.4, 0.5) is 11.4 Å². The maximum Gasteiger partial charge on any atom is 0.264 e. The molecular weight excluding hydrogens is 316 g/mol. The molecule has 1 aliphatic rings. The van der Waals surface area contributed by atoms with Gasteiger partial charge in [-0.1, -0.05) is 12.1 Å². The second-order valence-corrected chi connectivity index (χ2v) is 7.28. The Morgan fingerprint density at radius 1 is 1.17 bits per heavy atom. The summed E-state index contributed by atoms with van der Waals surface area (Å²) >= 11 is 0. The number of rotatable bonds is 3. The minimum absolute atomic E-state index is 0.0672. The highest BCUT2D eigenvalue weighted by Gasteiger charge is 2.24. The molecule has 0 aliphatic carbocycles. The molecule has 1 amide bonds. The van der Waals surface area contributed by atoms with Crippen molar-refractivity contribution >= 4 is 27.3 Å². The Morgan fingerprint density at radius 3 is 2.70 bits per heavy atom. The number of hydrogen-bond donors (Lipinski definition) is 1. The van der Waals surface area contributed by atoms with Crippen LogP contribution in [0.15, 0.2) is 47.4 Å². The van der Waals surface area contributed by atoms with Gasteiger partial charge < -0.3 is 10.1 Å². The first-order valence-corrected chi connectivity index (χ1v) is 8.44. The minimum Gasteiger partial charge on any atom is -0.482 e. The third-order valence-electron chi connectivity index (χ3n) is 3.61. The number of ether oxygens (including phenoxy) is 1. The van der Waals surface area contributed by atoms with Crippen LogP contribution in [0.5, 0.6) is 5.75 Å². The number of aryl methyl sites for hydroxylation is 1. The fraction of sp³-hybridized carbons (Fsp3) is 0.188. The van der Waals surface area contributed by atoms with E-state index in [0.29, 0.717) is 17.1 Å². The summed E-state index contributed by atoms with van der Waals surface area (Å²) in [5.74, 6) is 0.154. The smallest absolute Gasteiger partial charge is 0.264 e. The predicted molar refractivity (Wildman–Crippen MR) is 87.3 cm³/mol. The van der Waals surface area contributed by atoms with E-state index >= 15 is 0 Å². The van der Waals surface area contributed by atoms with Gasteiger partial charge in [-0.25, -0.2) is 8.42 Å². The van der Waals surface area contributed by atoms with Crippen molar-refractivity contribution in [2.45, 2.75) is 11.8 Å². The van der Waals surface area contributed by atoms with E-state index in [0.717, 1.165) is 5.56 Å². The molecule has 0 spiro atoms. The molecule has 0 fully saturated rings. The molecule has 0 saturated heterocycles. The second kappa shape index (κ2) is 5.58. The molecule has 0 radical (unpaired) electrons. The minimum atomic E-state index is -3.73. The van der Waals surface area contributed by atoms with Crippen LogP contribution in [-0.2, 0) is 14.8 Å². The Kier molecular flexibility index (Phi) is 3.73. The predicted octanol–water partition coefficient (Wildman–Crippen LogP) is 2.15. The van der Waals surface area contributed by atoms with Gasteiger partial charge in [-0.05, 0) is 42.8 Å². The third-order valence-corrected chi connectivity index (χ3v) is 5.39. The van der Waals surface area contributed by atoms with Crippen molar-refractivity contribution in [1.29, 1.82) is 0 Å². The summed E-state index contributed by atoms with van der Waals surface area (Å²) in [7, 11) is -2.23. The van der Waals surface area contributed by atoms with E-state index < -0.39 is 10.0 Å². The van der Waals surface area contributed by atoms with E-state index in [1.165, 1.54) is 23.5 Å². The SMILES string of the molecule is Cc1cccc(N(C)S(=O)(=O)c2ccc3c(c2)NC(=O)CO3)c1. The zero-order chi connectivity index (χ0) is 16.6. The molecule has 6 nitrogen and oxygen atoms in total. The molecule has 0 aromatic heterocycles. The van der Waals surface area contributed by atoms with Crippen LogP contribution in [0.3, 0.4) is 0 Å². The van der Waals surface area contributed by atoms with Crippen LogP contribution in [-0.4, -0.2) is 28.0 Å². The lowest BCUT2D eigenvalue weighted by Crippen LogP contribution is -2.28. The Morgan fingerprint density at radius 2 is 1.96 bits per heavy atom. The summed E-state index contributed by atoms with van der Waals surface area (Å²) in [6, 6.07) is 11.7. The lowest BCUT2D eigenvalue weighted by atomic mass is 10.2. The highest BCUT2D eigenvalue weighted by Crippen LogP contribution is 2.32. The Labute approximate surface area is 134 Å². The van der Waals surface area contributed by atoms with Gasteiger partial charge in [0.25, 0.3) is 15.9 Å². The fourth-order valence-electron chi connectivity index (χ4n) is 2.34. The van der Waals surface area contributed by atoms with Crippen molar-refractivity contribution in [3.63, 3.8) is 0 Å². The topological polar surface area (TPSA) is 75.7 Å². The molecule has 120 valence electrons. The Hall–Kier alpha value is -2.54. The molecule has 1 N–H and O–H groups in total. The van der Waals surface area contributed by atoms with Crippen LogP contribution in [0.2, 0.25) is 0 Å². The highest BCUT2D eigenvalue weighted by molar-refractivity contribution is 7.92. The number of amides is 1. The average Bonchev–Trinajstić information content (AvgIpc) is 2.53. The monoisotopic (exact) mass is 332 g/mol. The Bertz CT molecular complexity index is 877. The van der Waals surface area contributed by atoms with E-state index in [1.54, 1.807) is 24.3 Å². The molecular formula is C16H16N2O4S. The van der Waals surface area contributed by atoms with E-state index in [9.17, 15) is 13.2 Å². The quantitative estimate of drug-likeness (QED) is 0.934. The fourth-order valence-corrected chi connectivity index (χ4v) is 3.56. The first-order chi connectivity index (χ1) is 10.9. The van der Waals surface area contributed by atoms with Crippen molar-refractivity contribution in [3.05, 3.63) is 48.0 Å². The van der Waals surface area contributed by atoms with Gasteiger partial charge in [0, 0.05) is 7.05 Å². The standard InChI is InChI=1S/C16H16N2O4S/c1-11-4-3-5-12(8-11)18(2)23(20,21)13-6-7-15-14(9-13)17-16(19)10-22-15/h3-9H,10H2,1-2H3,(H,17,19). The van der Waals surface area contributed by atoms with E-state index in [4.69, 9.17) is 4.74 Å². The molecule has 0 atom stereocenters. The number of anilines is 2. The van der Waals surface area contributed by atoms with E-state index in [1.807, 2.05) is 13.0 Å². The lowest BCUT2D eigenvalue weighted by molar-refractivity contribution is -0.118.